The van der Waals surface area contributed by atoms with Gasteiger partial charge in [-0.25, -0.2) is 0 Å². The summed E-state index contributed by atoms with van der Waals surface area (Å²) in [6.07, 6.45) is 49.5. The van der Waals surface area contributed by atoms with Crippen molar-refractivity contribution >= 4 is 5.78 Å². The van der Waals surface area contributed by atoms with Crippen molar-refractivity contribution in [3.05, 3.63) is 36.5 Å². The van der Waals surface area contributed by atoms with Crippen molar-refractivity contribution in [2.24, 2.45) is 0 Å². The van der Waals surface area contributed by atoms with Crippen molar-refractivity contribution in [2.75, 3.05) is 0 Å². The second-order valence-electron chi connectivity index (χ2n) is 11.6. The standard InChI is InChI=1S/C37H68O/c1-3-5-7-9-11-13-15-17-19-21-23-25-27-29-31-33-35-37(38)36-34-32-30-28-26-24-22-20-18-16-14-12-10-8-6-4-2/h11,13,17-20H,3-10,12,14-16,21-36H2,1-2H3/b13-11-,19-17-,20-18-. The highest BCUT2D eigenvalue weighted by molar-refractivity contribution is 5.78. The molecule has 0 bridgehead atoms. The Morgan fingerprint density at radius 2 is 0.658 bits per heavy atom. The van der Waals surface area contributed by atoms with Crippen molar-refractivity contribution in [3.8, 4) is 0 Å². The van der Waals surface area contributed by atoms with Gasteiger partial charge in [0.1, 0.15) is 5.78 Å². The number of Topliss-reactive ketones (excluding diaryl/α,β-unsaturated/α-hetero) is 1. The molecule has 0 fully saturated rings. The number of unbranched alkanes of at least 4 members (excludes halogenated alkanes) is 21. The van der Waals surface area contributed by atoms with Crippen LogP contribution in [0.2, 0.25) is 0 Å². The largest absolute Gasteiger partial charge is 0.300 e. The van der Waals surface area contributed by atoms with Crippen LogP contribution < -0.4 is 0 Å². The Labute approximate surface area is 240 Å². The summed E-state index contributed by atoms with van der Waals surface area (Å²) in [7, 11) is 0. The summed E-state index contributed by atoms with van der Waals surface area (Å²) in [5.74, 6) is 0.505. The van der Waals surface area contributed by atoms with Gasteiger partial charge in [-0.05, 0) is 70.6 Å². The Kier molecular flexibility index (Phi) is 32.9. The van der Waals surface area contributed by atoms with Crippen molar-refractivity contribution < 1.29 is 4.79 Å². The molecule has 0 atom stereocenters. The predicted molar refractivity (Wildman–Crippen MR) is 173 cm³/mol. The van der Waals surface area contributed by atoms with Crippen LogP contribution in [0.15, 0.2) is 36.5 Å². The van der Waals surface area contributed by atoms with Crippen LogP contribution in [0.4, 0.5) is 0 Å². The molecular weight excluding hydrogens is 460 g/mol. The minimum absolute atomic E-state index is 0.505. The highest BCUT2D eigenvalue weighted by Crippen LogP contribution is 2.13. The first-order chi connectivity index (χ1) is 18.8. The third-order valence-corrected chi connectivity index (χ3v) is 7.62. The van der Waals surface area contributed by atoms with E-state index in [0.717, 1.165) is 32.1 Å². The molecule has 0 unspecified atom stereocenters. The van der Waals surface area contributed by atoms with Crippen LogP contribution in [0.1, 0.15) is 194 Å². The Balaban J connectivity index is 3.26. The molecule has 0 saturated heterocycles. The summed E-state index contributed by atoms with van der Waals surface area (Å²) >= 11 is 0. The molecule has 1 nitrogen and oxygen atoms in total. The molecule has 0 saturated carbocycles. The normalized spacial score (nSPS) is 12.1. The molecule has 0 aliphatic rings. The second kappa shape index (κ2) is 33.9. The van der Waals surface area contributed by atoms with Gasteiger partial charge in [-0.15, -0.1) is 0 Å². The predicted octanol–water partition coefficient (Wildman–Crippen LogP) is 13.2. The van der Waals surface area contributed by atoms with Gasteiger partial charge in [-0.1, -0.05) is 147 Å². The smallest absolute Gasteiger partial charge is 0.132 e. The third-order valence-electron chi connectivity index (χ3n) is 7.62. The average molecular weight is 529 g/mol. The Morgan fingerprint density at radius 1 is 0.368 bits per heavy atom. The van der Waals surface area contributed by atoms with E-state index in [1.165, 1.54) is 148 Å². The molecule has 1 heteroatoms. The van der Waals surface area contributed by atoms with E-state index in [9.17, 15) is 4.79 Å². The van der Waals surface area contributed by atoms with E-state index in [2.05, 4.69) is 50.3 Å². The SMILES string of the molecule is CCCCC/C=C\C/C=C\CCCCCCCCC(=O)CCCCCCCC/C=C\CCCCCCCC. The molecule has 0 aromatic carbocycles. The van der Waals surface area contributed by atoms with Crippen LogP contribution in [-0.4, -0.2) is 5.78 Å². The van der Waals surface area contributed by atoms with Crippen molar-refractivity contribution in [1.82, 2.24) is 0 Å². The molecule has 38 heavy (non-hydrogen) atoms. The van der Waals surface area contributed by atoms with E-state index in [-0.39, 0.29) is 0 Å². The fraction of sp³-hybridized carbons (Fsp3) is 0.811. The average Bonchev–Trinajstić information content (AvgIpc) is 2.92. The molecule has 0 aliphatic heterocycles. The fourth-order valence-electron chi connectivity index (χ4n) is 5.01. The zero-order chi connectivity index (χ0) is 27.6. The van der Waals surface area contributed by atoms with Gasteiger partial charge in [0.05, 0.1) is 0 Å². The van der Waals surface area contributed by atoms with Crippen LogP contribution >= 0.6 is 0 Å². The highest BCUT2D eigenvalue weighted by Gasteiger charge is 2.02. The minimum Gasteiger partial charge on any atom is -0.300 e. The number of carbonyl (C=O) groups excluding carboxylic acids is 1. The van der Waals surface area contributed by atoms with E-state index < -0.39 is 0 Å². The lowest BCUT2D eigenvalue weighted by Crippen LogP contribution is -1.97. The number of hydrogen-bond donors (Lipinski definition) is 0. The van der Waals surface area contributed by atoms with Crippen molar-refractivity contribution in [1.29, 1.82) is 0 Å². The van der Waals surface area contributed by atoms with E-state index in [4.69, 9.17) is 0 Å². The van der Waals surface area contributed by atoms with E-state index in [1.807, 2.05) is 0 Å². The lowest BCUT2D eigenvalue weighted by atomic mass is 10.0. The van der Waals surface area contributed by atoms with Crippen LogP contribution in [0, 0.1) is 0 Å². The van der Waals surface area contributed by atoms with Crippen molar-refractivity contribution in [2.45, 2.75) is 194 Å². The second-order valence-corrected chi connectivity index (χ2v) is 11.6. The number of carbonyl (C=O) groups is 1. The molecule has 0 aromatic rings. The zero-order valence-electron chi connectivity index (χ0n) is 26.2. The van der Waals surface area contributed by atoms with Crippen LogP contribution in [0.3, 0.4) is 0 Å². The maximum atomic E-state index is 12.1. The van der Waals surface area contributed by atoms with Gasteiger partial charge in [0.25, 0.3) is 0 Å². The number of allylic oxidation sites excluding steroid dienone is 6. The lowest BCUT2D eigenvalue weighted by Gasteiger charge is -2.03. The molecular formula is C37H68O. The summed E-state index contributed by atoms with van der Waals surface area (Å²) in [5, 5.41) is 0. The molecule has 0 amide bonds. The highest BCUT2D eigenvalue weighted by atomic mass is 16.1. The summed E-state index contributed by atoms with van der Waals surface area (Å²) in [6, 6.07) is 0. The first-order valence-corrected chi connectivity index (χ1v) is 17.3. The Bertz CT molecular complexity index is 541. The third kappa shape index (κ3) is 32.9. The number of rotatable bonds is 31. The monoisotopic (exact) mass is 529 g/mol. The number of ketones is 1. The van der Waals surface area contributed by atoms with Gasteiger partial charge < -0.3 is 0 Å². The van der Waals surface area contributed by atoms with Crippen molar-refractivity contribution in [3.63, 3.8) is 0 Å². The maximum Gasteiger partial charge on any atom is 0.132 e. The molecule has 0 aromatic heterocycles. The quantitative estimate of drug-likeness (QED) is 0.0645. The van der Waals surface area contributed by atoms with Gasteiger partial charge in [-0.2, -0.15) is 0 Å². The van der Waals surface area contributed by atoms with Gasteiger partial charge in [-0.3, -0.25) is 4.79 Å². The fourth-order valence-corrected chi connectivity index (χ4v) is 5.01. The first-order valence-electron chi connectivity index (χ1n) is 17.3. The minimum atomic E-state index is 0.505. The zero-order valence-corrected chi connectivity index (χ0v) is 26.2. The van der Waals surface area contributed by atoms with E-state index >= 15 is 0 Å². The molecule has 0 radical (unpaired) electrons. The molecule has 0 rings (SSSR count). The summed E-state index contributed by atoms with van der Waals surface area (Å²) in [5.41, 5.74) is 0. The van der Waals surface area contributed by atoms with Crippen LogP contribution in [-0.2, 0) is 4.79 Å². The molecule has 0 heterocycles. The molecule has 0 spiro atoms. The first kappa shape index (κ1) is 36.9. The molecule has 0 aliphatic carbocycles. The van der Waals surface area contributed by atoms with Gasteiger partial charge in [0, 0.05) is 12.8 Å². The lowest BCUT2D eigenvalue weighted by molar-refractivity contribution is -0.119. The van der Waals surface area contributed by atoms with Crippen LogP contribution in [0.25, 0.3) is 0 Å². The summed E-state index contributed by atoms with van der Waals surface area (Å²) in [6.45, 7) is 4.54. The van der Waals surface area contributed by atoms with Crippen LogP contribution in [0.5, 0.6) is 0 Å². The Morgan fingerprint density at radius 3 is 1.08 bits per heavy atom. The summed E-state index contributed by atoms with van der Waals surface area (Å²) in [4.78, 5) is 12.1. The topological polar surface area (TPSA) is 17.1 Å². The van der Waals surface area contributed by atoms with E-state index in [0.29, 0.717) is 5.78 Å². The van der Waals surface area contributed by atoms with Gasteiger partial charge in [0.2, 0.25) is 0 Å². The van der Waals surface area contributed by atoms with Gasteiger partial charge >= 0.3 is 0 Å². The number of hydrogen-bond acceptors (Lipinski definition) is 1. The molecule has 222 valence electrons. The van der Waals surface area contributed by atoms with E-state index in [1.54, 1.807) is 0 Å². The van der Waals surface area contributed by atoms with Gasteiger partial charge in [0.15, 0.2) is 0 Å². The molecule has 0 N–H and O–H groups in total. The maximum absolute atomic E-state index is 12.1. The Hall–Kier alpha value is -1.11. The summed E-state index contributed by atoms with van der Waals surface area (Å²) < 4.78 is 0.